The van der Waals surface area contributed by atoms with Gasteiger partial charge in [0, 0.05) is 13.5 Å². The molecule has 2 nitrogen and oxygen atoms in total. The van der Waals surface area contributed by atoms with E-state index in [2.05, 4.69) is 5.32 Å². The van der Waals surface area contributed by atoms with E-state index in [1.165, 1.54) is 0 Å². The lowest BCUT2D eigenvalue weighted by molar-refractivity contribution is -0.122. The largest absolute Gasteiger partial charge is 0.382 e. The van der Waals surface area contributed by atoms with Gasteiger partial charge in [0.2, 0.25) is 0 Å². The van der Waals surface area contributed by atoms with Crippen molar-refractivity contribution in [3.05, 3.63) is 0 Å². The van der Waals surface area contributed by atoms with Crippen molar-refractivity contribution in [2.24, 2.45) is 5.92 Å². The molecule has 1 rings (SSSR count). The van der Waals surface area contributed by atoms with Crippen molar-refractivity contribution in [3.8, 4) is 0 Å². The van der Waals surface area contributed by atoms with Crippen LogP contribution >= 0.6 is 12.2 Å². The molecule has 1 aliphatic rings. The highest BCUT2D eigenvalue weighted by Crippen LogP contribution is 2.20. The second-order valence-corrected chi connectivity index (χ2v) is 3.32. The zero-order chi connectivity index (χ0) is 8.27. The molecule has 0 aromatic carbocycles. The Morgan fingerprint density at radius 1 is 1.64 bits per heavy atom. The number of thiocarbonyl (C=S) groups is 1. The Bertz CT molecular complexity index is 171. The van der Waals surface area contributed by atoms with Gasteiger partial charge in [0.25, 0.3) is 0 Å². The first-order valence-corrected chi connectivity index (χ1v) is 4.41. The van der Waals surface area contributed by atoms with Crippen molar-refractivity contribution in [3.63, 3.8) is 0 Å². The summed E-state index contributed by atoms with van der Waals surface area (Å²) in [7, 11) is 1.78. The molecule has 0 aliphatic heterocycles. The summed E-state index contributed by atoms with van der Waals surface area (Å²) in [6.45, 7) is 0. The number of nitrogens with one attached hydrogen (secondary N) is 1. The minimum atomic E-state index is 0.0174. The lowest BCUT2D eigenvalue weighted by Crippen LogP contribution is -2.33. The van der Waals surface area contributed by atoms with Crippen LogP contribution in [0.5, 0.6) is 0 Å². The van der Waals surface area contributed by atoms with E-state index in [9.17, 15) is 4.79 Å². The highest BCUT2D eigenvalue weighted by molar-refractivity contribution is 7.80. The average Bonchev–Trinajstić information content (AvgIpc) is 2.04. The van der Waals surface area contributed by atoms with Gasteiger partial charge in [-0.15, -0.1) is 0 Å². The Balaban J connectivity index is 2.54. The smallest absolute Gasteiger partial charge is 0.142 e. The number of hydrogen-bond acceptors (Lipinski definition) is 2. The van der Waals surface area contributed by atoms with Crippen LogP contribution < -0.4 is 5.32 Å². The second-order valence-electron chi connectivity index (χ2n) is 2.88. The first-order valence-electron chi connectivity index (χ1n) is 4.00. The first kappa shape index (κ1) is 8.65. The summed E-state index contributed by atoms with van der Waals surface area (Å²) < 4.78 is 0. The van der Waals surface area contributed by atoms with Gasteiger partial charge >= 0.3 is 0 Å². The van der Waals surface area contributed by atoms with Crippen molar-refractivity contribution in [1.29, 1.82) is 0 Å². The third kappa shape index (κ3) is 1.99. The van der Waals surface area contributed by atoms with Crippen LogP contribution in [0.15, 0.2) is 0 Å². The van der Waals surface area contributed by atoms with Crippen LogP contribution in [0.1, 0.15) is 25.7 Å². The maximum atomic E-state index is 11.3. The van der Waals surface area contributed by atoms with Crippen LogP contribution in [0.25, 0.3) is 0 Å². The highest BCUT2D eigenvalue weighted by atomic mass is 32.1. The molecule has 0 spiro atoms. The number of Topliss-reactive ketones (excluding diaryl/α,β-unsaturated/α-hetero) is 1. The first-order chi connectivity index (χ1) is 5.25. The lowest BCUT2D eigenvalue weighted by atomic mass is 9.88. The maximum absolute atomic E-state index is 11.3. The molecule has 0 radical (unpaired) electrons. The maximum Gasteiger partial charge on any atom is 0.142 e. The molecular weight excluding hydrogens is 158 g/mol. The average molecular weight is 171 g/mol. The van der Waals surface area contributed by atoms with Crippen LogP contribution in [-0.4, -0.2) is 17.8 Å². The molecule has 1 unspecified atom stereocenters. The predicted octanol–water partition coefficient (Wildman–Crippen LogP) is 1.29. The van der Waals surface area contributed by atoms with E-state index in [1.54, 1.807) is 7.05 Å². The molecule has 0 heterocycles. The molecule has 1 N–H and O–H groups in total. The molecule has 1 atom stereocenters. The van der Waals surface area contributed by atoms with E-state index < -0.39 is 0 Å². The third-order valence-electron chi connectivity index (χ3n) is 2.12. The molecular formula is C8H13NOS. The predicted molar refractivity (Wildman–Crippen MR) is 48.6 cm³/mol. The van der Waals surface area contributed by atoms with E-state index in [0.29, 0.717) is 12.2 Å². The van der Waals surface area contributed by atoms with Gasteiger partial charge in [-0.1, -0.05) is 18.6 Å². The Hall–Kier alpha value is -0.440. The van der Waals surface area contributed by atoms with Gasteiger partial charge in [-0.2, -0.15) is 0 Å². The van der Waals surface area contributed by atoms with Crippen molar-refractivity contribution in [2.45, 2.75) is 25.7 Å². The zero-order valence-corrected chi connectivity index (χ0v) is 7.54. The molecule has 1 saturated carbocycles. The fourth-order valence-electron chi connectivity index (χ4n) is 1.43. The molecule has 0 aromatic heterocycles. The number of rotatable bonds is 1. The van der Waals surface area contributed by atoms with E-state index in [1.807, 2.05) is 0 Å². The van der Waals surface area contributed by atoms with Crippen molar-refractivity contribution >= 4 is 23.0 Å². The number of ketones is 1. The third-order valence-corrected chi connectivity index (χ3v) is 2.61. The Morgan fingerprint density at radius 3 is 2.91 bits per heavy atom. The summed E-state index contributed by atoms with van der Waals surface area (Å²) >= 11 is 5.02. The van der Waals surface area contributed by atoms with Gasteiger partial charge in [0.15, 0.2) is 0 Å². The van der Waals surface area contributed by atoms with Gasteiger partial charge in [-0.05, 0) is 12.8 Å². The van der Waals surface area contributed by atoms with Gasteiger partial charge in [-0.3, -0.25) is 4.79 Å². The zero-order valence-electron chi connectivity index (χ0n) is 6.72. The van der Waals surface area contributed by atoms with E-state index >= 15 is 0 Å². The molecule has 0 bridgehead atoms. The molecule has 11 heavy (non-hydrogen) atoms. The standard InChI is InChI=1S/C8H13NOS/c1-9-8(11)6-4-2-3-5-7(6)10/h6H,2-5H2,1H3,(H,9,11). The van der Waals surface area contributed by atoms with Crippen molar-refractivity contribution in [1.82, 2.24) is 5.32 Å². The molecule has 1 fully saturated rings. The molecule has 0 saturated heterocycles. The van der Waals surface area contributed by atoms with Crippen LogP contribution in [0, 0.1) is 5.92 Å². The fraction of sp³-hybridized carbons (Fsp3) is 0.750. The van der Waals surface area contributed by atoms with Gasteiger partial charge in [0.1, 0.15) is 5.78 Å². The highest BCUT2D eigenvalue weighted by Gasteiger charge is 2.24. The van der Waals surface area contributed by atoms with Crippen LogP contribution in [0.3, 0.4) is 0 Å². The fourth-order valence-corrected chi connectivity index (χ4v) is 1.68. The molecule has 0 amide bonds. The van der Waals surface area contributed by atoms with Gasteiger partial charge < -0.3 is 5.32 Å². The van der Waals surface area contributed by atoms with Gasteiger partial charge in [-0.25, -0.2) is 0 Å². The van der Waals surface area contributed by atoms with Crippen molar-refractivity contribution in [2.75, 3.05) is 7.05 Å². The molecule has 3 heteroatoms. The summed E-state index contributed by atoms with van der Waals surface area (Å²) in [6.07, 6.45) is 3.84. The Morgan fingerprint density at radius 2 is 2.36 bits per heavy atom. The summed E-state index contributed by atoms with van der Waals surface area (Å²) in [5, 5.41) is 2.88. The van der Waals surface area contributed by atoms with Crippen LogP contribution in [0.4, 0.5) is 0 Å². The van der Waals surface area contributed by atoms with E-state index in [-0.39, 0.29) is 5.92 Å². The summed E-state index contributed by atoms with van der Waals surface area (Å²) in [5.41, 5.74) is 0. The molecule has 62 valence electrons. The normalized spacial score (nSPS) is 24.8. The Kier molecular flexibility index (Phi) is 3.00. The summed E-state index contributed by atoms with van der Waals surface area (Å²) in [4.78, 5) is 12.0. The van der Waals surface area contributed by atoms with E-state index in [4.69, 9.17) is 12.2 Å². The number of carbonyl (C=O) groups excluding carboxylic acids is 1. The lowest BCUT2D eigenvalue weighted by Gasteiger charge is -2.20. The minimum Gasteiger partial charge on any atom is -0.382 e. The summed E-state index contributed by atoms with van der Waals surface area (Å²) in [6, 6.07) is 0. The monoisotopic (exact) mass is 171 g/mol. The molecule has 0 aromatic rings. The quantitative estimate of drug-likeness (QED) is 0.603. The van der Waals surface area contributed by atoms with Gasteiger partial charge in [0.05, 0.1) is 10.9 Å². The van der Waals surface area contributed by atoms with E-state index in [0.717, 1.165) is 24.3 Å². The number of carbonyl (C=O) groups is 1. The molecule has 1 aliphatic carbocycles. The van der Waals surface area contributed by atoms with Crippen molar-refractivity contribution < 1.29 is 4.79 Å². The summed E-state index contributed by atoms with van der Waals surface area (Å²) in [5.74, 6) is 0.333. The SMILES string of the molecule is CNC(=S)C1CCCCC1=O. The topological polar surface area (TPSA) is 29.1 Å². The minimum absolute atomic E-state index is 0.0174. The second kappa shape index (κ2) is 3.81. The van der Waals surface area contributed by atoms with Crippen LogP contribution in [-0.2, 0) is 4.79 Å². The van der Waals surface area contributed by atoms with Crippen LogP contribution in [0.2, 0.25) is 0 Å². The Labute approximate surface area is 72.4 Å². The number of hydrogen-bond donors (Lipinski definition) is 1.